The topological polar surface area (TPSA) is 95.7 Å². The maximum absolute atomic E-state index is 12.4. The summed E-state index contributed by atoms with van der Waals surface area (Å²) in [5.74, 6) is -1.98. The summed E-state index contributed by atoms with van der Waals surface area (Å²) in [5.41, 5.74) is -1.13. The predicted octanol–water partition coefficient (Wildman–Crippen LogP) is -0.0517. The predicted molar refractivity (Wildman–Crippen MR) is 61.0 cm³/mol. The van der Waals surface area contributed by atoms with Crippen LogP contribution in [-0.2, 0) is 22.3 Å². The Morgan fingerprint density at radius 1 is 1.43 bits per heavy atom. The van der Waals surface area contributed by atoms with E-state index in [9.17, 15) is 27.9 Å². The first-order chi connectivity index (χ1) is 9.68. The maximum Gasteiger partial charge on any atom is 0.435 e. The molecule has 2 heterocycles. The molecule has 2 rings (SSSR count). The lowest BCUT2D eigenvalue weighted by Gasteiger charge is -2.21. The van der Waals surface area contributed by atoms with E-state index in [0.29, 0.717) is 0 Å². The maximum atomic E-state index is 12.4. The third-order valence-corrected chi connectivity index (χ3v) is 3.11. The van der Waals surface area contributed by atoms with Gasteiger partial charge in [-0.1, -0.05) is 0 Å². The highest BCUT2D eigenvalue weighted by atomic mass is 19.4. The molecule has 1 saturated heterocycles. The van der Waals surface area contributed by atoms with Crippen LogP contribution in [0, 0.1) is 0 Å². The van der Waals surface area contributed by atoms with Crippen molar-refractivity contribution in [2.75, 3.05) is 6.54 Å². The number of aliphatic carboxylic acids is 1. The second kappa shape index (κ2) is 5.35. The van der Waals surface area contributed by atoms with Gasteiger partial charge in [-0.15, -0.1) is 0 Å². The zero-order chi connectivity index (χ0) is 15.8. The smallest absolute Gasteiger partial charge is 0.435 e. The number of carboxylic acids is 1. The summed E-state index contributed by atoms with van der Waals surface area (Å²) in [6, 6.07) is -0.453. The van der Waals surface area contributed by atoms with Crippen molar-refractivity contribution < 1.29 is 33.0 Å². The first kappa shape index (κ1) is 15.3. The standard InChI is InChI=1S/C11H12F3N3O4/c12-11(13,14)8-1-2-16(15-8)5-9(19)17-4-6(18)3-7(17)10(20)21/h1-2,6-7,18H,3-5H2,(H,20,21). The summed E-state index contributed by atoms with van der Waals surface area (Å²) in [5, 5.41) is 21.6. The number of halogens is 3. The Morgan fingerprint density at radius 2 is 2.10 bits per heavy atom. The van der Waals surface area contributed by atoms with Crippen molar-refractivity contribution in [3.63, 3.8) is 0 Å². The monoisotopic (exact) mass is 307 g/mol. The van der Waals surface area contributed by atoms with Crippen LogP contribution in [0.4, 0.5) is 13.2 Å². The zero-order valence-electron chi connectivity index (χ0n) is 10.6. The van der Waals surface area contributed by atoms with Crippen molar-refractivity contribution in [3.8, 4) is 0 Å². The van der Waals surface area contributed by atoms with Gasteiger partial charge in [-0.25, -0.2) is 4.79 Å². The average Bonchev–Trinajstić information content (AvgIpc) is 2.94. The second-order valence-electron chi connectivity index (χ2n) is 4.69. The fourth-order valence-corrected chi connectivity index (χ4v) is 2.15. The molecule has 1 aromatic heterocycles. The van der Waals surface area contributed by atoms with E-state index in [4.69, 9.17) is 5.11 Å². The number of hydrogen-bond donors (Lipinski definition) is 2. The highest BCUT2D eigenvalue weighted by Gasteiger charge is 2.39. The van der Waals surface area contributed by atoms with Crippen LogP contribution in [0.15, 0.2) is 12.3 Å². The van der Waals surface area contributed by atoms with E-state index in [-0.39, 0.29) is 13.0 Å². The fraction of sp³-hybridized carbons (Fsp3) is 0.545. The lowest BCUT2D eigenvalue weighted by atomic mass is 10.2. The quantitative estimate of drug-likeness (QED) is 0.816. The zero-order valence-corrected chi connectivity index (χ0v) is 10.6. The summed E-state index contributed by atoms with van der Waals surface area (Å²) in [7, 11) is 0. The van der Waals surface area contributed by atoms with Gasteiger partial charge < -0.3 is 15.1 Å². The van der Waals surface area contributed by atoms with Gasteiger partial charge in [-0.2, -0.15) is 18.3 Å². The van der Waals surface area contributed by atoms with Gasteiger partial charge in [0.25, 0.3) is 0 Å². The van der Waals surface area contributed by atoms with Crippen LogP contribution < -0.4 is 0 Å². The Labute approximate surface area is 116 Å². The average molecular weight is 307 g/mol. The molecule has 1 aliphatic heterocycles. The van der Waals surface area contributed by atoms with Crippen LogP contribution in [-0.4, -0.2) is 55.5 Å². The third kappa shape index (κ3) is 3.32. The molecule has 1 amide bonds. The van der Waals surface area contributed by atoms with E-state index < -0.39 is 42.4 Å². The fourth-order valence-electron chi connectivity index (χ4n) is 2.15. The van der Waals surface area contributed by atoms with Crippen LogP contribution >= 0.6 is 0 Å². The van der Waals surface area contributed by atoms with Crippen LogP contribution in [0.3, 0.4) is 0 Å². The first-order valence-electron chi connectivity index (χ1n) is 5.99. The number of carbonyl (C=O) groups excluding carboxylic acids is 1. The minimum Gasteiger partial charge on any atom is -0.480 e. The second-order valence-corrected chi connectivity index (χ2v) is 4.69. The van der Waals surface area contributed by atoms with Crippen LogP contribution in [0.25, 0.3) is 0 Å². The molecule has 0 radical (unpaired) electrons. The molecule has 1 aromatic rings. The highest BCUT2D eigenvalue weighted by Crippen LogP contribution is 2.27. The molecular formula is C11H12F3N3O4. The molecule has 1 aliphatic rings. The van der Waals surface area contributed by atoms with E-state index in [2.05, 4.69) is 5.10 Å². The van der Waals surface area contributed by atoms with Crippen molar-refractivity contribution in [2.24, 2.45) is 0 Å². The van der Waals surface area contributed by atoms with Gasteiger partial charge in [0.15, 0.2) is 5.69 Å². The van der Waals surface area contributed by atoms with E-state index in [1.165, 1.54) is 0 Å². The number of nitrogens with zero attached hydrogens (tertiary/aromatic N) is 3. The molecule has 2 atom stereocenters. The molecule has 0 saturated carbocycles. The Morgan fingerprint density at radius 3 is 2.62 bits per heavy atom. The van der Waals surface area contributed by atoms with Crippen molar-refractivity contribution in [2.45, 2.75) is 31.3 Å². The van der Waals surface area contributed by atoms with E-state index in [1.54, 1.807) is 0 Å². The molecule has 1 fully saturated rings. The van der Waals surface area contributed by atoms with Gasteiger partial charge in [0, 0.05) is 19.2 Å². The summed E-state index contributed by atoms with van der Waals surface area (Å²) >= 11 is 0. The van der Waals surface area contributed by atoms with Gasteiger partial charge in [-0.3, -0.25) is 9.48 Å². The largest absolute Gasteiger partial charge is 0.480 e. The van der Waals surface area contributed by atoms with Gasteiger partial charge in [0.2, 0.25) is 5.91 Å². The van der Waals surface area contributed by atoms with E-state index in [1.807, 2.05) is 0 Å². The number of likely N-dealkylation sites (tertiary alicyclic amines) is 1. The van der Waals surface area contributed by atoms with Crippen molar-refractivity contribution >= 4 is 11.9 Å². The first-order valence-corrected chi connectivity index (χ1v) is 5.99. The van der Waals surface area contributed by atoms with Crippen molar-refractivity contribution in [1.29, 1.82) is 0 Å². The Bertz CT molecular complexity index is 557. The molecule has 0 aromatic carbocycles. The Kier molecular flexibility index (Phi) is 3.90. The lowest BCUT2D eigenvalue weighted by molar-refractivity contribution is -0.148. The summed E-state index contributed by atoms with van der Waals surface area (Å²) in [6.07, 6.45) is -4.68. The van der Waals surface area contributed by atoms with E-state index >= 15 is 0 Å². The highest BCUT2D eigenvalue weighted by molar-refractivity contribution is 5.84. The lowest BCUT2D eigenvalue weighted by Crippen LogP contribution is -2.42. The molecular weight excluding hydrogens is 295 g/mol. The molecule has 7 nitrogen and oxygen atoms in total. The minimum absolute atomic E-state index is 0.103. The van der Waals surface area contributed by atoms with E-state index in [0.717, 1.165) is 21.8 Å². The van der Waals surface area contributed by atoms with Gasteiger partial charge in [0.05, 0.1) is 6.10 Å². The minimum atomic E-state index is -4.61. The molecule has 0 bridgehead atoms. The summed E-state index contributed by atoms with van der Waals surface area (Å²) in [4.78, 5) is 23.8. The third-order valence-electron chi connectivity index (χ3n) is 3.11. The normalized spacial score (nSPS) is 22.6. The number of β-amino-alcohol motifs (C(OH)–C–C–N with tert-alkyl or cyclic N) is 1. The number of aromatic nitrogens is 2. The van der Waals surface area contributed by atoms with Crippen LogP contribution in [0.5, 0.6) is 0 Å². The van der Waals surface area contributed by atoms with Crippen molar-refractivity contribution in [3.05, 3.63) is 18.0 Å². The number of amides is 1. The number of aliphatic hydroxyl groups is 1. The molecule has 116 valence electrons. The molecule has 0 spiro atoms. The molecule has 10 heteroatoms. The summed E-state index contributed by atoms with van der Waals surface area (Å²) < 4.78 is 37.9. The molecule has 2 N–H and O–H groups in total. The Balaban J connectivity index is 2.07. The molecule has 21 heavy (non-hydrogen) atoms. The number of aliphatic hydroxyl groups excluding tert-OH is 1. The Hall–Kier alpha value is -2.10. The number of carboxylic acid groups (broad SMARTS) is 1. The van der Waals surface area contributed by atoms with Gasteiger partial charge in [0.1, 0.15) is 12.6 Å². The van der Waals surface area contributed by atoms with Gasteiger partial charge >= 0.3 is 12.1 Å². The number of hydrogen-bond acceptors (Lipinski definition) is 4. The number of rotatable bonds is 3. The summed E-state index contributed by atoms with van der Waals surface area (Å²) in [6.45, 7) is -0.685. The SMILES string of the molecule is O=C(O)C1CC(O)CN1C(=O)Cn1ccc(C(F)(F)F)n1. The number of carbonyl (C=O) groups is 2. The van der Waals surface area contributed by atoms with Crippen molar-refractivity contribution in [1.82, 2.24) is 14.7 Å². The van der Waals surface area contributed by atoms with Crippen LogP contribution in [0.2, 0.25) is 0 Å². The number of alkyl halides is 3. The molecule has 0 aliphatic carbocycles. The van der Waals surface area contributed by atoms with Gasteiger partial charge in [-0.05, 0) is 6.07 Å². The molecule has 2 unspecified atom stereocenters. The van der Waals surface area contributed by atoms with Crippen LogP contribution in [0.1, 0.15) is 12.1 Å².